The van der Waals surface area contributed by atoms with Gasteiger partial charge in [0.2, 0.25) is 0 Å². The van der Waals surface area contributed by atoms with E-state index in [1.807, 2.05) is 30.3 Å². The van der Waals surface area contributed by atoms with Crippen LogP contribution in [0.25, 0.3) is 10.9 Å². The Labute approximate surface area is 198 Å². The number of hydrogen-bond donors (Lipinski definition) is 2. The Bertz CT molecular complexity index is 1370. The lowest BCUT2D eigenvalue weighted by Crippen LogP contribution is -2.02. The topological polar surface area (TPSA) is 92.1 Å². The summed E-state index contributed by atoms with van der Waals surface area (Å²) in [5.41, 5.74) is 6.47. The van der Waals surface area contributed by atoms with Gasteiger partial charge in [0, 0.05) is 48.0 Å². The van der Waals surface area contributed by atoms with Gasteiger partial charge in [-0.1, -0.05) is 6.07 Å². The third-order valence-corrected chi connectivity index (χ3v) is 5.98. The third kappa shape index (κ3) is 4.44. The lowest BCUT2D eigenvalue weighted by Gasteiger charge is -2.16. The summed E-state index contributed by atoms with van der Waals surface area (Å²) in [4.78, 5) is 8.56. The van der Waals surface area contributed by atoms with Gasteiger partial charge in [-0.25, -0.2) is 0 Å². The number of methoxy groups -OCH3 is 1. The van der Waals surface area contributed by atoms with E-state index in [9.17, 15) is 5.26 Å². The fourth-order valence-corrected chi connectivity index (χ4v) is 4.21. The molecule has 2 aromatic heterocycles. The number of anilines is 3. The molecule has 0 radical (unpaired) electrons. The van der Waals surface area contributed by atoms with Gasteiger partial charge in [-0.2, -0.15) is 5.26 Å². The van der Waals surface area contributed by atoms with Crippen molar-refractivity contribution in [3.63, 3.8) is 0 Å². The van der Waals surface area contributed by atoms with Crippen LogP contribution in [0.1, 0.15) is 23.1 Å². The molecule has 4 aromatic rings. The van der Waals surface area contributed by atoms with Gasteiger partial charge in [-0.05, 0) is 60.7 Å². The minimum atomic E-state index is 0.467. The highest BCUT2D eigenvalue weighted by molar-refractivity contribution is 5.97. The number of ether oxygens (including phenoxy) is 2. The zero-order valence-corrected chi connectivity index (χ0v) is 19.0. The van der Waals surface area contributed by atoms with E-state index in [-0.39, 0.29) is 0 Å². The van der Waals surface area contributed by atoms with E-state index in [1.165, 1.54) is 11.1 Å². The second kappa shape index (κ2) is 9.67. The van der Waals surface area contributed by atoms with Gasteiger partial charge in [0.15, 0.2) is 11.5 Å². The van der Waals surface area contributed by atoms with Crippen LogP contribution in [0.5, 0.6) is 11.5 Å². The maximum Gasteiger partial charge on any atom is 0.163 e. The molecule has 2 N–H and O–H groups in total. The maximum atomic E-state index is 9.73. The Balaban J connectivity index is 1.41. The molecule has 0 saturated heterocycles. The monoisotopic (exact) mass is 451 g/mol. The van der Waals surface area contributed by atoms with E-state index in [4.69, 9.17) is 9.47 Å². The molecule has 0 bridgehead atoms. The van der Waals surface area contributed by atoms with Gasteiger partial charge in [0.25, 0.3) is 0 Å². The first-order valence-corrected chi connectivity index (χ1v) is 11.3. The first kappa shape index (κ1) is 21.5. The zero-order chi connectivity index (χ0) is 23.3. The van der Waals surface area contributed by atoms with Crippen LogP contribution in [0.3, 0.4) is 0 Å². The number of benzene rings is 2. The van der Waals surface area contributed by atoms with E-state index >= 15 is 0 Å². The molecule has 1 aliphatic rings. The van der Waals surface area contributed by atoms with E-state index in [2.05, 4.69) is 38.8 Å². The molecule has 0 unspecified atom stereocenters. The van der Waals surface area contributed by atoms with Crippen LogP contribution in [-0.4, -0.2) is 30.2 Å². The number of aromatic nitrogens is 2. The van der Waals surface area contributed by atoms with Crippen LogP contribution in [0.4, 0.5) is 17.1 Å². The van der Waals surface area contributed by atoms with Crippen molar-refractivity contribution in [1.29, 1.82) is 5.26 Å². The highest BCUT2D eigenvalue weighted by atomic mass is 16.5. The van der Waals surface area contributed by atoms with Gasteiger partial charge < -0.3 is 20.1 Å². The molecule has 34 heavy (non-hydrogen) atoms. The average molecular weight is 452 g/mol. The van der Waals surface area contributed by atoms with Crippen molar-refractivity contribution in [2.45, 2.75) is 19.3 Å². The molecule has 0 amide bonds. The molecular formula is C27H25N5O2. The summed E-state index contributed by atoms with van der Waals surface area (Å²) >= 11 is 0. The zero-order valence-electron chi connectivity index (χ0n) is 19.0. The predicted molar refractivity (Wildman–Crippen MR) is 133 cm³/mol. The first-order valence-electron chi connectivity index (χ1n) is 11.3. The molecule has 5 rings (SSSR count). The van der Waals surface area contributed by atoms with Crippen LogP contribution in [-0.2, 0) is 12.8 Å². The smallest absolute Gasteiger partial charge is 0.163 e. The minimum Gasteiger partial charge on any atom is -0.493 e. The number of fused-ring (bicyclic) bond motifs is 2. The summed E-state index contributed by atoms with van der Waals surface area (Å²) in [5.74, 6) is 1.24. The molecule has 0 saturated carbocycles. The molecule has 7 heteroatoms. The summed E-state index contributed by atoms with van der Waals surface area (Å²) in [5, 5.41) is 17.4. The normalized spacial score (nSPS) is 12.0. The molecule has 3 heterocycles. The fraction of sp³-hybridized carbons (Fsp3) is 0.222. The summed E-state index contributed by atoms with van der Waals surface area (Å²) in [6.07, 6.45) is 8.00. The number of nitriles is 1. The largest absolute Gasteiger partial charge is 0.493 e. The summed E-state index contributed by atoms with van der Waals surface area (Å²) < 4.78 is 11.7. The number of aryl methyl sites for hydroxylation is 1. The highest BCUT2D eigenvalue weighted by Gasteiger charge is 2.16. The Kier molecular flexibility index (Phi) is 6.13. The van der Waals surface area contributed by atoms with Gasteiger partial charge in [0.1, 0.15) is 6.07 Å². The first-order chi connectivity index (χ1) is 16.7. The number of hydrogen-bond acceptors (Lipinski definition) is 7. The summed E-state index contributed by atoms with van der Waals surface area (Å²) in [7, 11) is 1.62. The van der Waals surface area contributed by atoms with Crippen molar-refractivity contribution in [3.8, 4) is 17.6 Å². The minimum absolute atomic E-state index is 0.467. The van der Waals surface area contributed by atoms with E-state index < -0.39 is 0 Å². The molecular weight excluding hydrogens is 426 g/mol. The van der Waals surface area contributed by atoms with Crippen molar-refractivity contribution in [3.05, 3.63) is 77.7 Å². The van der Waals surface area contributed by atoms with Gasteiger partial charge in [-0.3, -0.25) is 9.97 Å². The Morgan fingerprint density at radius 1 is 1.12 bits per heavy atom. The predicted octanol–water partition coefficient (Wildman–Crippen LogP) is 5.23. The molecule has 0 aliphatic carbocycles. The highest BCUT2D eigenvalue weighted by Crippen LogP contribution is 2.38. The Morgan fingerprint density at radius 2 is 2.00 bits per heavy atom. The van der Waals surface area contributed by atoms with Crippen molar-refractivity contribution >= 4 is 28.0 Å². The van der Waals surface area contributed by atoms with Crippen LogP contribution < -0.4 is 20.1 Å². The van der Waals surface area contributed by atoms with Crippen LogP contribution in [0, 0.1) is 11.3 Å². The summed E-state index contributed by atoms with van der Waals surface area (Å²) in [6.45, 7) is 1.50. The van der Waals surface area contributed by atoms with Gasteiger partial charge in [0.05, 0.1) is 30.5 Å². The van der Waals surface area contributed by atoms with E-state index in [0.29, 0.717) is 29.4 Å². The Hall–Kier alpha value is -4.31. The standard InChI is InChI=1S/C27H25N5O2/c1-33-25-14-22-24(15-26(25)34-12-2-3-18-6-9-29-10-7-18)31-17-20(16-28)27(22)32-21-5-4-19-8-11-30-23(19)13-21/h4-7,9-10,13-15,17,30H,2-3,8,11-12H2,1H3,(H,31,32). The quantitative estimate of drug-likeness (QED) is 0.354. The number of rotatable bonds is 8. The van der Waals surface area contributed by atoms with E-state index in [1.54, 1.807) is 25.7 Å². The van der Waals surface area contributed by atoms with Crippen molar-refractivity contribution in [2.24, 2.45) is 0 Å². The molecule has 7 nitrogen and oxygen atoms in total. The van der Waals surface area contributed by atoms with Crippen molar-refractivity contribution in [2.75, 3.05) is 30.9 Å². The van der Waals surface area contributed by atoms with Crippen LogP contribution in [0.15, 0.2) is 61.1 Å². The van der Waals surface area contributed by atoms with Crippen molar-refractivity contribution < 1.29 is 9.47 Å². The van der Waals surface area contributed by atoms with Crippen LogP contribution >= 0.6 is 0 Å². The van der Waals surface area contributed by atoms with Gasteiger partial charge >= 0.3 is 0 Å². The lowest BCUT2D eigenvalue weighted by atomic mass is 10.1. The third-order valence-electron chi connectivity index (χ3n) is 5.98. The van der Waals surface area contributed by atoms with Gasteiger partial charge in [-0.15, -0.1) is 0 Å². The molecule has 0 atom stereocenters. The molecule has 0 fully saturated rings. The number of nitrogens with one attached hydrogen (secondary N) is 2. The van der Waals surface area contributed by atoms with Crippen molar-refractivity contribution in [1.82, 2.24) is 9.97 Å². The molecule has 2 aromatic carbocycles. The Morgan fingerprint density at radius 3 is 2.82 bits per heavy atom. The number of nitrogens with zero attached hydrogens (tertiary/aromatic N) is 3. The average Bonchev–Trinajstić information content (AvgIpc) is 3.35. The second-order valence-electron chi connectivity index (χ2n) is 8.16. The summed E-state index contributed by atoms with van der Waals surface area (Å²) in [6, 6.07) is 16.3. The number of pyridine rings is 2. The second-order valence-corrected chi connectivity index (χ2v) is 8.16. The maximum absolute atomic E-state index is 9.73. The molecule has 1 aliphatic heterocycles. The fourth-order valence-electron chi connectivity index (χ4n) is 4.21. The van der Waals surface area contributed by atoms with E-state index in [0.717, 1.165) is 48.1 Å². The molecule has 0 spiro atoms. The lowest BCUT2D eigenvalue weighted by molar-refractivity contribution is 0.290. The molecule has 170 valence electrons. The SMILES string of the molecule is COc1cc2c(Nc3ccc4c(c3)NCC4)c(C#N)cnc2cc1OCCCc1ccncc1. The van der Waals surface area contributed by atoms with Crippen LogP contribution in [0.2, 0.25) is 0 Å².